The number of hydrogen-bond acceptors (Lipinski definition) is 5. The standard InChI is InChI=1S/C18H20N2O5S/c1-12(2)13-6-8-14(9-7-13)18(22)25-11-17(21)20-15-4-3-5-16(10-15)26(19,23)24/h3-10,12H,11H2,1-2H3,(H,20,21)(H2,19,23,24). The first-order valence-electron chi connectivity index (χ1n) is 7.86. The minimum absolute atomic E-state index is 0.127. The van der Waals surface area contributed by atoms with Crippen molar-refractivity contribution >= 4 is 27.6 Å². The Balaban J connectivity index is 1.93. The third-order valence-corrected chi connectivity index (χ3v) is 4.50. The van der Waals surface area contributed by atoms with Crippen molar-refractivity contribution in [2.24, 2.45) is 5.14 Å². The van der Waals surface area contributed by atoms with Crippen molar-refractivity contribution in [3.8, 4) is 0 Å². The number of rotatable bonds is 6. The van der Waals surface area contributed by atoms with Crippen LogP contribution in [0.1, 0.15) is 35.7 Å². The largest absolute Gasteiger partial charge is 0.452 e. The quantitative estimate of drug-likeness (QED) is 0.750. The molecule has 0 saturated heterocycles. The second-order valence-electron chi connectivity index (χ2n) is 5.97. The molecular formula is C18H20N2O5S. The van der Waals surface area contributed by atoms with E-state index in [1.165, 1.54) is 24.3 Å². The average Bonchev–Trinajstić information content (AvgIpc) is 2.59. The summed E-state index contributed by atoms with van der Waals surface area (Å²) in [5.41, 5.74) is 1.67. The molecule has 2 rings (SSSR count). The monoisotopic (exact) mass is 376 g/mol. The van der Waals surface area contributed by atoms with E-state index in [-0.39, 0.29) is 10.6 Å². The molecule has 0 aliphatic heterocycles. The van der Waals surface area contributed by atoms with Gasteiger partial charge in [0.25, 0.3) is 5.91 Å². The number of esters is 1. The number of nitrogens with two attached hydrogens (primary N) is 1. The molecule has 0 atom stereocenters. The van der Waals surface area contributed by atoms with Gasteiger partial charge in [-0.3, -0.25) is 4.79 Å². The lowest BCUT2D eigenvalue weighted by Crippen LogP contribution is -2.21. The highest BCUT2D eigenvalue weighted by Gasteiger charge is 2.12. The summed E-state index contributed by atoms with van der Waals surface area (Å²) in [6, 6.07) is 12.4. The number of anilines is 1. The number of sulfonamides is 1. The van der Waals surface area contributed by atoms with Crippen LogP contribution >= 0.6 is 0 Å². The Morgan fingerprint density at radius 1 is 1.12 bits per heavy atom. The van der Waals surface area contributed by atoms with Gasteiger partial charge >= 0.3 is 5.97 Å². The van der Waals surface area contributed by atoms with Crippen LogP contribution in [0.5, 0.6) is 0 Å². The highest BCUT2D eigenvalue weighted by atomic mass is 32.2. The molecule has 2 aromatic rings. The SMILES string of the molecule is CC(C)c1ccc(C(=O)OCC(=O)Nc2cccc(S(N)(=O)=O)c2)cc1. The second kappa shape index (κ2) is 8.11. The van der Waals surface area contributed by atoms with Crippen LogP contribution < -0.4 is 10.5 Å². The van der Waals surface area contributed by atoms with Gasteiger partial charge in [-0.1, -0.05) is 32.0 Å². The highest BCUT2D eigenvalue weighted by molar-refractivity contribution is 7.89. The molecule has 8 heteroatoms. The number of hydrogen-bond donors (Lipinski definition) is 2. The van der Waals surface area contributed by atoms with Crippen LogP contribution in [0.3, 0.4) is 0 Å². The van der Waals surface area contributed by atoms with E-state index in [2.05, 4.69) is 5.32 Å². The van der Waals surface area contributed by atoms with Gasteiger partial charge in [-0.15, -0.1) is 0 Å². The molecule has 3 N–H and O–H groups in total. The van der Waals surface area contributed by atoms with Crippen LogP contribution in [0.4, 0.5) is 5.69 Å². The Labute approximate surface area is 152 Å². The van der Waals surface area contributed by atoms with Gasteiger partial charge in [0.2, 0.25) is 10.0 Å². The predicted molar refractivity (Wildman–Crippen MR) is 97.3 cm³/mol. The zero-order valence-corrected chi connectivity index (χ0v) is 15.2. The topological polar surface area (TPSA) is 116 Å². The summed E-state index contributed by atoms with van der Waals surface area (Å²) in [7, 11) is -3.87. The highest BCUT2D eigenvalue weighted by Crippen LogP contribution is 2.16. The lowest BCUT2D eigenvalue weighted by Gasteiger charge is -2.09. The van der Waals surface area contributed by atoms with Crippen molar-refractivity contribution in [3.05, 3.63) is 59.7 Å². The zero-order chi connectivity index (χ0) is 19.3. The number of nitrogens with one attached hydrogen (secondary N) is 1. The molecule has 26 heavy (non-hydrogen) atoms. The molecule has 0 saturated carbocycles. The third-order valence-electron chi connectivity index (χ3n) is 3.59. The summed E-state index contributed by atoms with van der Waals surface area (Å²) in [5, 5.41) is 7.49. The van der Waals surface area contributed by atoms with Gasteiger partial charge < -0.3 is 10.1 Å². The summed E-state index contributed by atoms with van der Waals surface area (Å²) in [5.74, 6) is -0.864. The minimum atomic E-state index is -3.87. The van der Waals surface area contributed by atoms with Crippen LogP contribution in [-0.4, -0.2) is 26.9 Å². The summed E-state index contributed by atoms with van der Waals surface area (Å²) in [6.07, 6.45) is 0. The van der Waals surface area contributed by atoms with E-state index in [0.717, 1.165) is 5.56 Å². The van der Waals surface area contributed by atoms with Gasteiger partial charge in [0.05, 0.1) is 10.5 Å². The Kier molecular flexibility index (Phi) is 6.12. The maximum Gasteiger partial charge on any atom is 0.338 e. The molecule has 0 radical (unpaired) electrons. The van der Waals surface area contributed by atoms with Gasteiger partial charge in [-0.05, 0) is 41.8 Å². The van der Waals surface area contributed by atoms with Crippen LogP contribution in [0.25, 0.3) is 0 Å². The van der Waals surface area contributed by atoms with Gasteiger partial charge in [-0.25, -0.2) is 18.4 Å². The Morgan fingerprint density at radius 3 is 2.35 bits per heavy atom. The molecular weight excluding hydrogens is 356 g/mol. The lowest BCUT2D eigenvalue weighted by atomic mass is 10.0. The van der Waals surface area contributed by atoms with Crippen molar-refractivity contribution in [1.29, 1.82) is 0 Å². The van der Waals surface area contributed by atoms with Crippen LogP contribution in [0.15, 0.2) is 53.4 Å². The molecule has 0 aliphatic carbocycles. The third kappa shape index (κ3) is 5.40. The Morgan fingerprint density at radius 2 is 1.77 bits per heavy atom. The zero-order valence-electron chi connectivity index (χ0n) is 14.4. The van der Waals surface area contributed by atoms with Crippen molar-refractivity contribution in [2.75, 3.05) is 11.9 Å². The number of amides is 1. The fourth-order valence-corrected chi connectivity index (χ4v) is 2.73. The summed E-state index contributed by atoms with van der Waals surface area (Å²) < 4.78 is 27.6. The molecule has 138 valence electrons. The van der Waals surface area contributed by atoms with Crippen LogP contribution in [-0.2, 0) is 19.6 Å². The van der Waals surface area contributed by atoms with E-state index in [9.17, 15) is 18.0 Å². The molecule has 2 aromatic carbocycles. The van der Waals surface area contributed by atoms with Crippen molar-refractivity contribution in [2.45, 2.75) is 24.7 Å². The summed E-state index contributed by atoms with van der Waals surface area (Å²) >= 11 is 0. The predicted octanol–water partition coefficient (Wildman–Crippen LogP) is 2.25. The molecule has 7 nitrogen and oxygen atoms in total. The van der Waals surface area contributed by atoms with E-state index in [0.29, 0.717) is 11.5 Å². The fraction of sp³-hybridized carbons (Fsp3) is 0.222. The van der Waals surface area contributed by atoms with E-state index in [1.54, 1.807) is 12.1 Å². The molecule has 0 aromatic heterocycles. The second-order valence-corrected chi connectivity index (χ2v) is 7.54. The first-order valence-corrected chi connectivity index (χ1v) is 9.41. The molecule has 0 bridgehead atoms. The lowest BCUT2D eigenvalue weighted by molar-refractivity contribution is -0.119. The van der Waals surface area contributed by atoms with Crippen LogP contribution in [0, 0.1) is 0 Å². The number of primary sulfonamides is 1. The van der Waals surface area contributed by atoms with E-state index >= 15 is 0 Å². The minimum Gasteiger partial charge on any atom is -0.452 e. The first kappa shape index (κ1) is 19.6. The van der Waals surface area contributed by atoms with E-state index in [1.807, 2.05) is 26.0 Å². The average molecular weight is 376 g/mol. The van der Waals surface area contributed by atoms with Gasteiger partial charge in [0, 0.05) is 5.69 Å². The van der Waals surface area contributed by atoms with Crippen molar-refractivity contribution in [1.82, 2.24) is 0 Å². The molecule has 0 heterocycles. The maximum atomic E-state index is 12.0. The van der Waals surface area contributed by atoms with E-state index < -0.39 is 28.5 Å². The smallest absolute Gasteiger partial charge is 0.338 e. The van der Waals surface area contributed by atoms with Crippen molar-refractivity contribution < 1.29 is 22.7 Å². The van der Waals surface area contributed by atoms with Crippen molar-refractivity contribution in [3.63, 3.8) is 0 Å². The first-order chi connectivity index (χ1) is 12.2. The number of carbonyl (C=O) groups excluding carboxylic acids is 2. The molecule has 0 spiro atoms. The maximum absolute atomic E-state index is 12.0. The van der Waals surface area contributed by atoms with E-state index in [4.69, 9.17) is 9.88 Å². The molecule has 0 unspecified atom stereocenters. The summed E-state index contributed by atoms with van der Waals surface area (Å²) in [4.78, 5) is 23.7. The number of carbonyl (C=O) groups is 2. The van der Waals surface area contributed by atoms with Crippen LogP contribution in [0.2, 0.25) is 0 Å². The van der Waals surface area contributed by atoms with Gasteiger partial charge in [0.15, 0.2) is 6.61 Å². The van der Waals surface area contributed by atoms with Gasteiger partial charge in [0.1, 0.15) is 0 Å². The normalized spacial score (nSPS) is 11.2. The molecule has 1 amide bonds. The Hall–Kier alpha value is -2.71. The number of ether oxygens (including phenoxy) is 1. The fourth-order valence-electron chi connectivity index (χ4n) is 2.17. The molecule has 0 fully saturated rings. The van der Waals surface area contributed by atoms with Gasteiger partial charge in [-0.2, -0.15) is 0 Å². The summed E-state index contributed by atoms with van der Waals surface area (Å²) in [6.45, 7) is 3.59. The number of benzene rings is 2. The molecule has 0 aliphatic rings. The Bertz CT molecular complexity index is 905.